The first-order chi connectivity index (χ1) is 24.4. The first-order valence-electron chi connectivity index (χ1n) is 15.8. The summed E-state index contributed by atoms with van der Waals surface area (Å²) in [6, 6.07) is 12.2. The van der Waals surface area contributed by atoms with Gasteiger partial charge >= 0.3 is 30.8 Å². The van der Waals surface area contributed by atoms with Crippen LogP contribution in [0.4, 0.5) is 0 Å². The van der Waals surface area contributed by atoms with E-state index in [-0.39, 0.29) is 41.5 Å². The zero-order chi connectivity index (χ0) is 36.5. The third-order valence-electron chi connectivity index (χ3n) is 7.04. The maximum atomic E-state index is 12.5. The van der Waals surface area contributed by atoms with E-state index in [9.17, 15) is 14.7 Å². The molecule has 6 aromatic rings. The van der Waals surface area contributed by atoms with Crippen molar-refractivity contribution in [1.82, 2.24) is 49.5 Å². The second kappa shape index (κ2) is 20.2. The topological polar surface area (TPSA) is 238 Å². The fourth-order valence-corrected chi connectivity index (χ4v) is 5.06. The predicted molar refractivity (Wildman–Crippen MR) is 197 cm³/mol. The van der Waals surface area contributed by atoms with Crippen LogP contribution < -0.4 is 18.9 Å². The molecule has 0 amide bonds. The van der Waals surface area contributed by atoms with Crippen LogP contribution in [0.3, 0.4) is 0 Å². The van der Waals surface area contributed by atoms with Crippen molar-refractivity contribution < 1.29 is 49.2 Å². The Labute approximate surface area is 323 Å². The van der Waals surface area contributed by atoms with Gasteiger partial charge in [-0.25, -0.2) is 48.9 Å². The van der Waals surface area contributed by atoms with Crippen molar-refractivity contribution in [2.75, 3.05) is 0 Å². The normalized spacial score (nSPS) is 10.9. The molecule has 0 saturated carbocycles. The van der Waals surface area contributed by atoms with Crippen LogP contribution >= 0.6 is 0 Å². The van der Waals surface area contributed by atoms with Gasteiger partial charge in [0.25, 0.3) is 0 Å². The van der Waals surface area contributed by atoms with Crippen molar-refractivity contribution in [1.29, 1.82) is 0 Å². The van der Waals surface area contributed by atoms with E-state index in [0.717, 1.165) is 33.4 Å². The number of esters is 1. The predicted octanol–water partition coefficient (Wildman–Crippen LogP) is 1.74. The number of hydrogen-bond donors (Lipinski definition) is 1. The minimum Gasteiger partial charge on any atom is -0.870 e. The van der Waals surface area contributed by atoms with Crippen molar-refractivity contribution in [3.63, 3.8) is 0 Å². The maximum Gasteiger partial charge on any atom is 1.00 e. The Kier molecular flexibility index (Phi) is 16.4. The molecule has 54 heavy (non-hydrogen) atoms. The van der Waals surface area contributed by atoms with Crippen LogP contribution in [-0.2, 0) is 14.3 Å². The van der Waals surface area contributed by atoms with Crippen LogP contribution in [0, 0.1) is 27.7 Å². The average Bonchev–Trinajstić information content (AvgIpc) is 3.76. The molecule has 4 N–H and O–H groups in total. The van der Waals surface area contributed by atoms with Gasteiger partial charge in [-0.1, -0.05) is 34.4 Å². The minimum atomic E-state index is -1.09. The number of aromatic nitrogens is 10. The molecule has 6 rings (SSSR count). The first-order valence-corrected chi connectivity index (χ1v) is 15.8. The third kappa shape index (κ3) is 11.9. The quantitative estimate of drug-likeness (QED) is 0.127. The second-order valence-corrected chi connectivity index (χ2v) is 11.9. The number of hydrogen-bond acceptors (Lipinski definition) is 12. The molecular formula is C37H39LiN10O6. The summed E-state index contributed by atoms with van der Waals surface area (Å²) < 4.78 is 8.21. The summed E-state index contributed by atoms with van der Waals surface area (Å²) in [5.74, 6) is -0.442. The fraction of sp³-hybridized carbons (Fsp3) is 0.189. The fourth-order valence-electron chi connectivity index (χ4n) is 5.06. The van der Waals surface area contributed by atoms with Gasteiger partial charge in [0.15, 0.2) is 11.6 Å². The molecule has 2 aromatic carbocycles. The standard InChI is InChI=1S/C20H21N5O2.C17H15N5O2.Li.2H2O/c1-13(2)27-20(26)18(17-8-21-11-22-9-17)10-25-12-23-19(24-25)16-6-14(3)5-15(4)7-16;1-11-3-12(2)5-13(4-11)16-20-10-22(21-16)8-15(17(23)24)14-6-18-9-19-7-14;;;/h5-13H,1-4H3;3-10H,1-2H3,(H,23,24);;2*1H2/q;;+1;;/p-1/b18-10+;15-8+;;;. The van der Waals surface area contributed by atoms with Crippen LogP contribution in [0.15, 0.2) is 86.5 Å². The molecule has 4 heterocycles. The number of benzene rings is 2. The largest absolute Gasteiger partial charge is 1.00 e. The number of carbonyl (C=O) groups excluding carboxylic acids is 1. The number of aryl methyl sites for hydroxylation is 4. The van der Waals surface area contributed by atoms with E-state index in [1.165, 1.54) is 46.9 Å². The molecule has 4 aromatic heterocycles. The number of rotatable bonds is 9. The second-order valence-electron chi connectivity index (χ2n) is 11.9. The zero-order valence-corrected chi connectivity index (χ0v) is 30.9. The van der Waals surface area contributed by atoms with Crippen molar-refractivity contribution in [3.05, 3.63) is 120 Å². The number of carbonyl (C=O) groups is 2. The van der Waals surface area contributed by atoms with Gasteiger partial charge in [-0.2, -0.15) is 0 Å². The summed E-state index contributed by atoms with van der Waals surface area (Å²) in [4.78, 5) is 48.3. The summed E-state index contributed by atoms with van der Waals surface area (Å²) in [6.45, 7) is 11.7. The van der Waals surface area contributed by atoms with E-state index in [1.54, 1.807) is 38.8 Å². The Hall–Kier alpha value is -6.18. The van der Waals surface area contributed by atoms with Gasteiger partial charge in [0, 0.05) is 59.4 Å². The Morgan fingerprint density at radius 3 is 1.41 bits per heavy atom. The molecule has 0 aliphatic heterocycles. The Morgan fingerprint density at radius 1 is 0.667 bits per heavy atom. The number of aliphatic carboxylic acids is 1. The molecular weight excluding hydrogens is 687 g/mol. The molecule has 0 radical (unpaired) electrons. The zero-order valence-electron chi connectivity index (χ0n) is 30.9. The molecule has 0 unspecified atom stereocenters. The van der Waals surface area contributed by atoms with Gasteiger partial charge in [-0.3, -0.25) is 0 Å². The van der Waals surface area contributed by atoms with Gasteiger partial charge < -0.3 is 20.8 Å². The van der Waals surface area contributed by atoms with Gasteiger partial charge in [0.1, 0.15) is 25.3 Å². The van der Waals surface area contributed by atoms with Crippen LogP contribution in [0.2, 0.25) is 0 Å². The van der Waals surface area contributed by atoms with E-state index in [4.69, 9.17) is 4.74 Å². The Balaban J connectivity index is 0.000000356. The summed E-state index contributed by atoms with van der Waals surface area (Å²) in [6.07, 6.45) is 14.5. The summed E-state index contributed by atoms with van der Waals surface area (Å²) in [5.41, 5.74) is 7.61. The Bertz CT molecular complexity index is 2180. The average molecular weight is 727 g/mol. The van der Waals surface area contributed by atoms with E-state index in [1.807, 2.05) is 52.0 Å². The minimum absolute atomic E-state index is 0. The van der Waals surface area contributed by atoms with E-state index >= 15 is 0 Å². The maximum absolute atomic E-state index is 12.5. The smallest absolute Gasteiger partial charge is 0.870 e. The van der Waals surface area contributed by atoms with Crippen LogP contribution in [0.5, 0.6) is 0 Å². The SMILES string of the molecule is Cc1cc(C)cc(-c2ncn(/C=C(/C(=O)O)c3cncnc3)n2)c1.Cc1cc(C)cc(-c2ncn(/C=C(/C(=O)OC(C)C)c3cncnc3)n2)c1.O.[Li+].[OH-]. The van der Waals surface area contributed by atoms with Crippen molar-refractivity contribution in [2.45, 2.75) is 47.6 Å². The summed E-state index contributed by atoms with van der Waals surface area (Å²) in [5, 5.41) is 18.2. The van der Waals surface area contributed by atoms with Crippen molar-refractivity contribution >= 4 is 35.5 Å². The van der Waals surface area contributed by atoms with Crippen molar-refractivity contribution in [3.8, 4) is 22.8 Å². The molecule has 0 saturated heterocycles. The van der Waals surface area contributed by atoms with Gasteiger partial charge in [-0.05, 0) is 65.8 Å². The third-order valence-corrected chi connectivity index (χ3v) is 7.04. The van der Waals surface area contributed by atoms with Gasteiger partial charge in [0.2, 0.25) is 0 Å². The molecule has 0 bridgehead atoms. The molecule has 0 atom stereocenters. The van der Waals surface area contributed by atoms with Crippen molar-refractivity contribution in [2.24, 2.45) is 0 Å². The van der Waals surface area contributed by atoms with Gasteiger partial charge in [0.05, 0.1) is 17.3 Å². The number of nitrogens with zero attached hydrogens (tertiary/aromatic N) is 10. The van der Waals surface area contributed by atoms with Crippen LogP contribution in [0.25, 0.3) is 46.3 Å². The molecule has 0 aliphatic rings. The number of carboxylic acid groups (broad SMARTS) is 1. The molecule has 0 aliphatic carbocycles. The van der Waals surface area contributed by atoms with E-state index in [0.29, 0.717) is 28.3 Å². The van der Waals surface area contributed by atoms with Crippen LogP contribution in [0.1, 0.15) is 47.2 Å². The Morgan fingerprint density at radius 2 is 1.04 bits per heavy atom. The molecule has 16 nitrogen and oxygen atoms in total. The van der Waals surface area contributed by atoms with Gasteiger partial charge in [-0.15, -0.1) is 10.2 Å². The first kappa shape index (κ1) is 44.0. The number of ether oxygens (including phenoxy) is 1. The summed E-state index contributed by atoms with van der Waals surface area (Å²) in [7, 11) is 0. The van der Waals surface area contributed by atoms with E-state index in [2.05, 4.69) is 52.2 Å². The molecule has 274 valence electrons. The molecule has 0 fully saturated rings. The van der Waals surface area contributed by atoms with Crippen LogP contribution in [-0.4, -0.2) is 83.6 Å². The van der Waals surface area contributed by atoms with E-state index < -0.39 is 11.9 Å². The molecule has 0 spiro atoms. The molecule has 17 heteroatoms. The summed E-state index contributed by atoms with van der Waals surface area (Å²) >= 11 is 0. The number of carboxylic acids is 1. The monoisotopic (exact) mass is 726 g/mol.